The van der Waals surface area contributed by atoms with Crippen LogP contribution in [0.25, 0.3) is 0 Å². The Kier molecular flexibility index (Phi) is 4.69. The maximum atomic E-state index is 8.95. The molecule has 0 unspecified atom stereocenters. The summed E-state index contributed by atoms with van der Waals surface area (Å²) in [5.74, 6) is 0.655. The molecule has 0 bridgehead atoms. The molecule has 1 fully saturated rings. The van der Waals surface area contributed by atoms with Gasteiger partial charge >= 0.3 is 0 Å². The van der Waals surface area contributed by atoms with E-state index in [9.17, 15) is 0 Å². The van der Waals surface area contributed by atoms with Gasteiger partial charge in [0.15, 0.2) is 0 Å². The summed E-state index contributed by atoms with van der Waals surface area (Å²) < 4.78 is 5.17. The molecule has 1 aliphatic rings. The van der Waals surface area contributed by atoms with Gasteiger partial charge in [0.2, 0.25) is 5.88 Å². The maximum Gasteiger partial charge on any atom is 0.213 e. The number of hydrogen-bond donors (Lipinski definition) is 0. The van der Waals surface area contributed by atoms with E-state index in [0.717, 1.165) is 44.1 Å². The minimum atomic E-state index is 0.463. The van der Waals surface area contributed by atoms with Gasteiger partial charge in [0, 0.05) is 50.7 Å². The van der Waals surface area contributed by atoms with Gasteiger partial charge in [-0.3, -0.25) is 4.90 Å². The van der Waals surface area contributed by atoms with Crippen LogP contribution in [0, 0.1) is 11.3 Å². The van der Waals surface area contributed by atoms with E-state index in [1.165, 1.54) is 0 Å². The standard InChI is InChI=1S/C17H19N5O/c1-23-17-4-2-3-14(20-17)13-21-7-9-22(10-8-21)16-5-6-19-15(11-16)12-18/h2-6,11H,7-10,13H2,1H3. The summed E-state index contributed by atoms with van der Waals surface area (Å²) in [4.78, 5) is 13.2. The zero-order valence-corrected chi connectivity index (χ0v) is 13.1. The predicted octanol–water partition coefficient (Wildman–Crippen LogP) is 1.68. The van der Waals surface area contributed by atoms with E-state index in [4.69, 9.17) is 10.00 Å². The fraction of sp³-hybridized carbons (Fsp3) is 0.353. The molecule has 2 aromatic rings. The summed E-state index contributed by atoms with van der Waals surface area (Å²) in [6.45, 7) is 4.61. The highest BCUT2D eigenvalue weighted by Gasteiger charge is 2.18. The Morgan fingerprint density at radius 2 is 2.04 bits per heavy atom. The Bertz CT molecular complexity index is 704. The summed E-state index contributed by atoms with van der Waals surface area (Å²) in [7, 11) is 1.63. The van der Waals surface area contributed by atoms with Gasteiger partial charge in [0.1, 0.15) is 11.8 Å². The lowest BCUT2D eigenvalue weighted by Gasteiger charge is -2.35. The molecular weight excluding hydrogens is 290 g/mol. The van der Waals surface area contributed by atoms with E-state index in [-0.39, 0.29) is 0 Å². The average molecular weight is 309 g/mol. The van der Waals surface area contributed by atoms with E-state index < -0.39 is 0 Å². The normalized spacial score (nSPS) is 15.2. The summed E-state index contributed by atoms with van der Waals surface area (Å²) in [6.07, 6.45) is 1.69. The van der Waals surface area contributed by atoms with Crippen molar-refractivity contribution in [2.24, 2.45) is 0 Å². The Balaban J connectivity index is 1.58. The minimum Gasteiger partial charge on any atom is -0.481 e. The molecule has 3 heterocycles. The quantitative estimate of drug-likeness (QED) is 0.856. The van der Waals surface area contributed by atoms with Crippen LogP contribution in [0.1, 0.15) is 11.4 Å². The fourth-order valence-corrected chi connectivity index (χ4v) is 2.73. The smallest absolute Gasteiger partial charge is 0.213 e. The lowest BCUT2D eigenvalue weighted by molar-refractivity contribution is 0.246. The van der Waals surface area contributed by atoms with Crippen molar-refractivity contribution in [2.75, 3.05) is 38.2 Å². The molecule has 0 spiro atoms. The molecule has 118 valence electrons. The lowest BCUT2D eigenvalue weighted by Crippen LogP contribution is -2.46. The zero-order chi connectivity index (χ0) is 16.1. The fourth-order valence-electron chi connectivity index (χ4n) is 2.73. The Morgan fingerprint density at radius 1 is 1.22 bits per heavy atom. The van der Waals surface area contributed by atoms with Crippen molar-refractivity contribution in [1.29, 1.82) is 5.26 Å². The molecular formula is C17H19N5O. The third-order valence-corrected chi connectivity index (χ3v) is 3.97. The summed E-state index contributed by atoms with van der Waals surface area (Å²) in [5, 5.41) is 8.95. The largest absolute Gasteiger partial charge is 0.481 e. The van der Waals surface area contributed by atoms with Gasteiger partial charge in [-0.25, -0.2) is 9.97 Å². The molecule has 0 aliphatic carbocycles. The first kappa shape index (κ1) is 15.3. The van der Waals surface area contributed by atoms with Crippen molar-refractivity contribution in [3.8, 4) is 11.9 Å². The molecule has 0 N–H and O–H groups in total. The van der Waals surface area contributed by atoms with Crippen LogP contribution in [-0.4, -0.2) is 48.2 Å². The number of methoxy groups -OCH3 is 1. The van der Waals surface area contributed by atoms with Gasteiger partial charge in [-0.2, -0.15) is 5.26 Å². The minimum absolute atomic E-state index is 0.463. The van der Waals surface area contributed by atoms with E-state index in [0.29, 0.717) is 11.6 Å². The maximum absolute atomic E-state index is 8.95. The van der Waals surface area contributed by atoms with Crippen molar-refractivity contribution >= 4 is 5.69 Å². The first-order valence-electron chi connectivity index (χ1n) is 7.62. The van der Waals surface area contributed by atoms with E-state index in [2.05, 4.69) is 25.8 Å². The molecule has 6 nitrogen and oxygen atoms in total. The van der Waals surface area contributed by atoms with E-state index in [1.54, 1.807) is 13.3 Å². The van der Waals surface area contributed by atoms with Gasteiger partial charge in [0.05, 0.1) is 12.8 Å². The number of anilines is 1. The number of pyridine rings is 2. The first-order valence-corrected chi connectivity index (χ1v) is 7.62. The highest BCUT2D eigenvalue weighted by Crippen LogP contribution is 2.17. The number of piperazine rings is 1. The Labute approximate surface area is 136 Å². The topological polar surface area (TPSA) is 65.3 Å². The van der Waals surface area contributed by atoms with Crippen LogP contribution in [-0.2, 0) is 6.54 Å². The van der Waals surface area contributed by atoms with Gasteiger partial charge in [0.25, 0.3) is 0 Å². The van der Waals surface area contributed by atoms with Crippen LogP contribution in [0.4, 0.5) is 5.69 Å². The third-order valence-electron chi connectivity index (χ3n) is 3.97. The summed E-state index contributed by atoms with van der Waals surface area (Å²) in [6, 6.07) is 11.7. The van der Waals surface area contributed by atoms with Crippen molar-refractivity contribution in [2.45, 2.75) is 6.54 Å². The highest BCUT2D eigenvalue weighted by atomic mass is 16.5. The summed E-state index contributed by atoms with van der Waals surface area (Å²) >= 11 is 0. The number of nitriles is 1. The second kappa shape index (κ2) is 7.07. The SMILES string of the molecule is COc1cccc(CN2CCN(c3ccnc(C#N)c3)CC2)n1. The van der Waals surface area contributed by atoms with Gasteiger partial charge in [-0.05, 0) is 18.2 Å². The Morgan fingerprint density at radius 3 is 2.78 bits per heavy atom. The third kappa shape index (κ3) is 3.76. The Hall–Kier alpha value is -2.65. The molecule has 3 rings (SSSR count). The monoisotopic (exact) mass is 309 g/mol. The second-order valence-corrected chi connectivity index (χ2v) is 5.45. The number of aromatic nitrogens is 2. The molecule has 1 aliphatic heterocycles. The van der Waals surface area contributed by atoms with Gasteiger partial charge < -0.3 is 9.64 Å². The summed E-state index contributed by atoms with van der Waals surface area (Å²) in [5.41, 5.74) is 2.55. The molecule has 1 saturated heterocycles. The number of nitrogens with zero attached hydrogens (tertiary/aromatic N) is 5. The molecule has 23 heavy (non-hydrogen) atoms. The second-order valence-electron chi connectivity index (χ2n) is 5.45. The molecule has 6 heteroatoms. The van der Waals surface area contributed by atoms with E-state index in [1.807, 2.05) is 30.3 Å². The molecule has 0 amide bonds. The first-order chi connectivity index (χ1) is 11.3. The number of hydrogen-bond acceptors (Lipinski definition) is 6. The molecule has 2 aromatic heterocycles. The number of ether oxygens (including phenoxy) is 1. The molecule has 0 radical (unpaired) electrons. The molecule has 0 saturated carbocycles. The zero-order valence-electron chi connectivity index (χ0n) is 13.1. The van der Waals surface area contributed by atoms with Crippen LogP contribution in [0.15, 0.2) is 36.5 Å². The van der Waals surface area contributed by atoms with Gasteiger partial charge in [-0.1, -0.05) is 6.07 Å². The van der Waals surface area contributed by atoms with Crippen LogP contribution < -0.4 is 9.64 Å². The van der Waals surface area contributed by atoms with Crippen LogP contribution in [0.5, 0.6) is 5.88 Å². The predicted molar refractivity (Wildman–Crippen MR) is 87.2 cm³/mol. The highest BCUT2D eigenvalue weighted by molar-refractivity contribution is 5.49. The number of rotatable bonds is 4. The molecule has 0 atom stereocenters. The van der Waals surface area contributed by atoms with Crippen molar-refractivity contribution < 1.29 is 4.74 Å². The van der Waals surface area contributed by atoms with E-state index >= 15 is 0 Å². The van der Waals surface area contributed by atoms with Crippen molar-refractivity contribution in [3.05, 3.63) is 47.9 Å². The van der Waals surface area contributed by atoms with Crippen molar-refractivity contribution in [1.82, 2.24) is 14.9 Å². The van der Waals surface area contributed by atoms with Gasteiger partial charge in [-0.15, -0.1) is 0 Å². The van der Waals surface area contributed by atoms with Crippen LogP contribution in [0.2, 0.25) is 0 Å². The van der Waals surface area contributed by atoms with Crippen LogP contribution >= 0.6 is 0 Å². The molecule has 0 aromatic carbocycles. The van der Waals surface area contributed by atoms with Crippen molar-refractivity contribution in [3.63, 3.8) is 0 Å². The average Bonchev–Trinajstić information content (AvgIpc) is 2.62. The lowest BCUT2D eigenvalue weighted by atomic mass is 10.2. The van der Waals surface area contributed by atoms with Crippen LogP contribution in [0.3, 0.4) is 0 Å².